The van der Waals surface area contributed by atoms with Gasteiger partial charge in [-0.1, -0.05) is 35.0 Å². The molecule has 2 N–H and O–H groups in total. The lowest BCUT2D eigenvalue weighted by atomic mass is 10.0. The maximum atomic E-state index is 6.27. The Bertz CT molecular complexity index is 813. The van der Waals surface area contributed by atoms with Gasteiger partial charge >= 0.3 is 0 Å². The Hall–Kier alpha value is -2.40. The van der Waals surface area contributed by atoms with Gasteiger partial charge < -0.3 is 10.3 Å². The lowest BCUT2D eigenvalue weighted by molar-refractivity contribution is 0.435. The summed E-state index contributed by atoms with van der Waals surface area (Å²) in [5.41, 5.74) is 9.76. The van der Waals surface area contributed by atoms with Gasteiger partial charge in [0.05, 0.1) is 17.0 Å². The summed E-state index contributed by atoms with van der Waals surface area (Å²) >= 11 is 6.27. The van der Waals surface area contributed by atoms with Crippen LogP contribution in [0.2, 0.25) is 5.02 Å². The molecule has 2 heterocycles. The van der Waals surface area contributed by atoms with E-state index >= 15 is 0 Å². The molecule has 0 radical (unpaired) electrons. The van der Waals surface area contributed by atoms with Crippen LogP contribution >= 0.6 is 11.6 Å². The Morgan fingerprint density at radius 3 is 2.62 bits per heavy atom. The molecule has 2 aromatic heterocycles. The minimum atomic E-state index is 0.298. The van der Waals surface area contributed by atoms with Gasteiger partial charge in [-0.25, -0.2) is 0 Å². The summed E-state index contributed by atoms with van der Waals surface area (Å²) in [7, 11) is 0. The van der Waals surface area contributed by atoms with Crippen LogP contribution in [0.15, 0.2) is 34.9 Å². The summed E-state index contributed by atoms with van der Waals surface area (Å²) in [6.45, 7) is 3.72. The summed E-state index contributed by atoms with van der Waals surface area (Å²) in [5.74, 6) is 0.850. The molecule has 0 unspecified atom stereocenters. The summed E-state index contributed by atoms with van der Waals surface area (Å²) < 4.78 is 5.43. The van der Waals surface area contributed by atoms with Crippen LogP contribution in [0.25, 0.3) is 22.5 Å². The number of aromatic nitrogens is 3. The highest BCUT2D eigenvalue weighted by molar-refractivity contribution is 6.33. The van der Waals surface area contributed by atoms with Gasteiger partial charge in [-0.3, -0.25) is 0 Å². The van der Waals surface area contributed by atoms with Crippen molar-refractivity contribution in [2.24, 2.45) is 0 Å². The van der Waals surface area contributed by atoms with E-state index in [4.69, 9.17) is 21.9 Å². The van der Waals surface area contributed by atoms with Gasteiger partial charge in [0.15, 0.2) is 11.6 Å². The van der Waals surface area contributed by atoms with Crippen molar-refractivity contribution in [3.63, 3.8) is 0 Å². The highest BCUT2D eigenvalue weighted by Crippen LogP contribution is 2.40. The van der Waals surface area contributed by atoms with Crippen molar-refractivity contribution in [3.8, 4) is 22.5 Å². The van der Waals surface area contributed by atoms with E-state index < -0.39 is 0 Å². The van der Waals surface area contributed by atoms with Gasteiger partial charge in [0.25, 0.3) is 0 Å². The third-order valence-corrected chi connectivity index (χ3v) is 3.54. The van der Waals surface area contributed by atoms with Gasteiger partial charge in [0, 0.05) is 16.1 Å². The number of rotatable bonds is 2. The van der Waals surface area contributed by atoms with Crippen LogP contribution in [0.3, 0.4) is 0 Å². The molecule has 0 aliphatic carbocycles. The summed E-state index contributed by atoms with van der Waals surface area (Å²) in [4.78, 5) is 0. The second kappa shape index (κ2) is 5.18. The average Bonchev–Trinajstić information content (AvgIpc) is 2.84. The number of hydrogen-bond acceptors (Lipinski definition) is 5. The van der Waals surface area contributed by atoms with Crippen LogP contribution in [0.4, 0.5) is 5.82 Å². The number of anilines is 1. The Kier molecular flexibility index (Phi) is 3.35. The third kappa shape index (κ3) is 2.36. The predicted molar refractivity (Wildman–Crippen MR) is 81.9 cm³/mol. The quantitative estimate of drug-likeness (QED) is 0.781. The monoisotopic (exact) mass is 300 g/mol. The zero-order chi connectivity index (χ0) is 15.0. The summed E-state index contributed by atoms with van der Waals surface area (Å²) in [6, 6.07) is 9.32. The Balaban J connectivity index is 2.27. The van der Waals surface area contributed by atoms with Crippen LogP contribution in [0.5, 0.6) is 0 Å². The molecule has 0 saturated carbocycles. The smallest absolute Gasteiger partial charge is 0.178 e. The largest absolute Gasteiger partial charge is 0.380 e. The molecular formula is C15H13ClN4O. The fourth-order valence-electron chi connectivity index (χ4n) is 2.19. The van der Waals surface area contributed by atoms with E-state index in [0.717, 1.165) is 22.5 Å². The van der Waals surface area contributed by atoms with Crippen molar-refractivity contribution >= 4 is 17.4 Å². The Labute approximate surface area is 126 Å². The number of halogens is 1. The van der Waals surface area contributed by atoms with Gasteiger partial charge in [-0.2, -0.15) is 10.2 Å². The van der Waals surface area contributed by atoms with Crippen molar-refractivity contribution in [3.05, 3.63) is 46.7 Å². The number of aryl methyl sites for hydroxylation is 2. The standard InChI is InChI=1S/C15H13ClN4O/c1-8-7-11(9(2)19-18-8)14-13(15(17)20-21-14)10-5-3-4-6-12(10)16/h3-7H,1-2H3,(H2,17,20). The number of nitrogens with zero attached hydrogens (tertiary/aromatic N) is 3. The minimum absolute atomic E-state index is 0.298. The van der Waals surface area contributed by atoms with E-state index in [9.17, 15) is 0 Å². The van der Waals surface area contributed by atoms with E-state index in [1.807, 2.05) is 38.1 Å². The van der Waals surface area contributed by atoms with Crippen LogP contribution in [-0.2, 0) is 0 Å². The molecule has 0 aliphatic rings. The molecule has 6 heteroatoms. The van der Waals surface area contributed by atoms with E-state index in [1.54, 1.807) is 6.07 Å². The first-order chi connectivity index (χ1) is 10.1. The number of nitrogens with two attached hydrogens (primary N) is 1. The Morgan fingerprint density at radius 1 is 1.10 bits per heavy atom. The van der Waals surface area contributed by atoms with Gasteiger partial charge in [0.1, 0.15) is 0 Å². The topological polar surface area (TPSA) is 77.8 Å². The molecule has 21 heavy (non-hydrogen) atoms. The molecule has 0 aliphatic heterocycles. The fourth-order valence-corrected chi connectivity index (χ4v) is 2.42. The van der Waals surface area contributed by atoms with Gasteiger partial charge in [0.2, 0.25) is 0 Å². The molecule has 0 amide bonds. The highest BCUT2D eigenvalue weighted by atomic mass is 35.5. The molecule has 0 fully saturated rings. The average molecular weight is 301 g/mol. The van der Waals surface area contributed by atoms with Crippen LogP contribution in [-0.4, -0.2) is 15.4 Å². The van der Waals surface area contributed by atoms with Crippen molar-refractivity contribution in [2.75, 3.05) is 5.73 Å². The minimum Gasteiger partial charge on any atom is -0.380 e. The first-order valence-electron chi connectivity index (χ1n) is 6.39. The van der Waals surface area contributed by atoms with Crippen LogP contribution in [0, 0.1) is 13.8 Å². The highest BCUT2D eigenvalue weighted by Gasteiger charge is 2.21. The van der Waals surface area contributed by atoms with Crippen molar-refractivity contribution in [1.29, 1.82) is 0 Å². The fraction of sp³-hybridized carbons (Fsp3) is 0.133. The molecule has 3 aromatic rings. The zero-order valence-electron chi connectivity index (χ0n) is 11.6. The first-order valence-corrected chi connectivity index (χ1v) is 6.77. The Morgan fingerprint density at radius 2 is 1.86 bits per heavy atom. The SMILES string of the molecule is Cc1cc(-c2onc(N)c2-c2ccccc2Cl)c(C)nn1. The maximum absolute atomic E-state index is 6.27. The van der Waals surface area contributed by atoms with E-state index in [2.05, 4.69) is 15.4 Å². The number of nitrogen functional groups attached to an aromatic ring is 1. The van der Waals surface area contributed by atoms with E-state index in [0.29, 0.717) is 22.2 Å². The second-order valence-corrected chi connectivity index (χ2v) is 5.14. The van der Waals surface area contributed by atoms with Gasteiger partial charge in [-0.15, -0.1) is 0 Å². The molecule has 0 saturated heterocycles. The first kappa shape index (κ1) is 13.6. The van der Waals surface area contributed by atoms with Crippen molar-refractivity contribution in [2.45, 2.75) is 13.8 Å². The van der Waals surface area contributed by atoms with Crippen molar-refractivity contribution < 1.29 is 4.52 Å². The molecule has 0 atom stereocenters. The summed E-state index contributed by atoms with van der Waals surface area (Å²) in [5, 5.41) is 12.6. The van der Waals surface area contributed by atoms with Crippen LogP contribution in [0.1, 0.15) is 11.4 Å². The van der Waals surface area contributed by atoms with Crippen LogP contribution < -0.4 is 5.73 Å². The second-order valence-electron chi connectivity index (χ2n) is 4.74. The van der Waals surface area contributed by atoms with E-state index in [1.165, 1.54) is 0 Å². The molecule has 5 nitrogen and oxygen atoms in total. The molecule has 3 rings (SSSR count). The normalized spacial score (nSPS) is 10.8. The third-order valence-electron chi connectivity index (χ3n) is 3.21. The molecule has 0 bridgehead atoms. The molecule has 1 aromatic carbocycles. The van der Waals surface area contributed by atoms with Crippen molar-refractivity contribution in [1.82, 2.24) is 15.4 Å². The lowest BCUT2D eigenvalue weighted by Gasteiger charge is -2.06. The zero-order valence-corrected chi connectivity index (χ0v) is 12.3. The van der Waals surface area contributed by atoms with Gasteiger partial charge in [-0.05, 0) is 26.0 Å². The molecule has 106 valence electrons. The lowest BCUT2D eigenvalue weighted by Crippen LogP contribution is -1.95. The van der Waals surface area contributed by atoms with E-state index in [-0.39, 0.29) is 0 Å². The number of benzene rings is 1. The molecular weight excluding hydrogens is 288 g/mol. The number of hydrogen-bond donors (Lipinski definition) is 1. The molecule has 0 spiro atoms. The maximum Gasteiger partial charge on any atom is 0.178 e. The summed E-state index contributed by atoms with van der Waals surface area (Å²) in [6.07, 6.45) is 0. The predicted octanol–water partition coefficient (Wildman–Crippen LogP) is 3.65.